The lowest BCUT2D eigenvalue weighted by Gasteiger charge is -2.75. The van der Waals surface area contributed by atoms with Crippen molar-refractivity contribution in [3.63, 3.8) is 0 Å². The molecule has 0 heterocycles. The van der Waals surface area contributed by atoms with E-state index in [0.717, 1.165) is 4.94 Å². The molecule has 1 nitrogen and oxygen atoms in total. The third kappa shape index (κ3) is 1.25. The first-order valence-corrected chi connectivity index (χ1v) is 6.82. The molecule has 0 atom stereocenters. The van der Waals surface area contributed by atoms with Crippen LogP contribution in [0.5, 0.6) is 0 Å². The lowest BCUT2D eigenvalue weighted by atomic mass is 9.36. The minimum absolute atomic E-state index is 1.06. The van der Waals surface area contributed by atoms with Gasteiger partial charge in [-0.1, -0.05) is 0 Å². The predicted molar refractivity (Wildman–Crippen MR) is 50.8 cm³/mol. The van der Waals surface area contributed by atoms with E-state index in [4.69, 9.17) is 0 Å². The van der Waals surface area contributed by atoms with E-state index in [1.165, 1.54) is 0 Å². The summed E-state index contributed by atoms with van der Waals surface area (Å²) in [6.07, 6.45) is -7.90. The summed E-state index contributed by atoms with van der Waals surface area (Å²) in [4.78, 5) is 1.06. The number of rotatable bonds is 2. The Morgan fingerprint density at radius 1 is 0.400 bits per heavy atom. The van der Waals surface area contributed by atoms with Crippen LogP contribution in [-0.4, -0.2) is 58.7 Å². The van der Waals surface area contributed by atoms with Crippen LogP contribution < -0.4 is 0 Å². The van der Waals surface area contributed by atoms with Crippen molar-refractivity contribution in [2.75, 3.05) is 0 Å². The van der Waals surface area contributed by atoms with Gasteiger partial charge >= 0.3 is 58.7 Å². The Hall–Kier alpha value is -1.30. The van der Waals surface area contributed by atoms with Crippen molar-refractivity contribution in [3.8, 4) is 0 Å². The van der Waals surface area contributed by atoms with Crippen LogP contribution in [0.25, 0.3) is 0 Å². The first-order chi connectivity index (χ1) is 12.8. The van der Waals surface area contributed by atoms with Crippen LogP contribution in [0.3, 0.4) is 0 Å². The zero-order valence-electron chi connectivity index (χ0n) is 12.7. The van der Waals surface area contributed by atoms with Gasteiger partial charge in [0.15, 0.2) is 0 Å². The zero-order valence-corrected chi connectivity index (χ0v) is 12.7. The van der Waals surface area contributed by atoms with Crippen LogP contribution in [0.4, 0.5) is 79.2 Å². The maximum Gasteiger partial charge on any atom is 0.409 e. The van der Waals surface area contributed by atoms with Gasteiger partial charge in [0.05, 0.1) is 0 Å². The minimum Gasteiger partial charge on any atom is -0.223 e. The second kappa shape index (κ2) is 4.57. The number of hydrogen-bond acceptors (Lipinski definition) is 1. The first kappa shape index (κ1) is 23.4. The standard InChI is InChI=1S/C11F18O/c12-2-5(15,16)1(11(27,28)30-29)6(17,18)3(13,8(2,21)22)10(25,26)4(14,7(1,19)20)9(2,23)24. The monoisotopic (exact) mass is 490 g/mol. The molecule has 4 aliphatic rings. The van der Waals surface area contributed by atoms with Gasteiger partial charge in [-0.05, 0) is 4.53 Å². The highest BCUT2D eigenvalue weighted by Gasteiger charge is 3.25. The van der Waals surface area contributed by atoms with Gasteiger partial charge < -0.3 is 0 Å². The summed E-state index contributed by atoms with van der Waals surface area (Å²) in [6.45, 7) is 0. The molecule has 0 unspecified atom stereocenters. The SMILES string of the molecule is FOC(F)(F)C12C(F)(F)C3(F)C(F)(F)C(F)(C(F)(F)C(F)(C3(F)F)C1(F)F)C2(F)F. The highest BCUT2D eigenvalue weighted by atomic mass is 19.4. The molecule has 30 heavy (non-hydrogen) atoms. The lowest BCUT2D eigenvalue weighted by molar-refractivity contribution is -0.647. The zero-order chi connectivity index (χ0) is 24.2. The number of alkyl halides is 17. The molecule has 0 spiro atoms. The Kier molecular flexibility index (Phi) is 3.56. The van der Waals surface area contributed by atoms with Gasteiger partial charge in [-0.2, -0.15) is 35.1 Å². The molecular formula is C11F18O. The summed E-state index contributed by atoms with van der Waals surface area (Å²) in [5, 5.41) is 0. The van der Waals surface area contributed by atoms with Crippen molar-refractivity contribution in [2.45, 2.75) is 58.7 Å². The highest BCUT2D eigenvalue weighted by Crippen LogP contribution is 2.92. The van der Waals surface area contributed by atoms with Crippen molar-refractivity contribution in [1.82, 2.24) is 0 Å². The summed E-state index contributed by atoms with van der Waals surface area (Å²) in [7, 11) is 0. The Bertz CT molecular complexity index is 700. The van der Waals surface area contributed by atoms with Gasteiger partial charge in [-0.3, -0.25) is 0 Å². The van der Waals surface area contributed by atoms with Gasteiger partial charge in [-0.25, -0.2) is 39.5 Å². The van der Waals surface area contributed by atoms with Crippen molar-refractivity contribution >= 4 is 0 Å². The fourth-order valence-electron chi connectivity index (χ4n) is 4.46. The average molecular weight is 490 g/mol. The summed E-state index contributed by atoms with van der Waals surface area (Å²) < 4.78 is 251. The first-order valence-electron chi connectivity index (χ1n) is 6.82. The molecule has 4 fully saturated rings. The van der Waals surface area contributed by atoms with Crippen LogP contribution >= 0.6 is 0 Å². The summed E-state index contributed by atoms with van der Waals surface area (Å²) in [6, 6.07) is 0. The molecule has 4 saturated carbocycles. The summed E-state index contributed by atoms with van der Waals surface area (Å²) in [5.74, 6) is -49.9. The molecule has 0 aliphatic heterocycles. The van der Waals surface area contributed by atoms with Gasteiger partial charge in [-0.15, -0.1) is 4.94 Å². The Morgan fingerprint density at radius 2 is 0.600 bits per heavy atom. The van der Waals surface area contributed by atoms with Crippen LogP contribution in [-0.2, 0) is 4.94 Å². The Balaban J connectivity index is 2.79. The second-order valence-electron chi connectivity index (χ2n) is 6.77. The van der Waals surface area contributed by atoms with Crippen molar-refractivity contribution in [3.05, 3.63) is 0 Å². The second-order valence-corrected chi connectivity index (χ2v) is 6.77. The molecule has 4 bridgehead atoms. The minimum atomic E-state index is -8.42. The third-order valence-electron chi connectivity index (χ3n) is 5.84. The fraction of sp³-hybridized carbons (Fsp3) is 1.00. The number of hydrogen-bond donors (Lipinski definition) is 0. The quantitative estimate of drug-likeness (QED) is 0.469. The molecule has 0 saturated heterocycles. The fourth-order valence-corrected chi connectivity index (χ4v) is 4.46. The largest absolute Gasteiger partial charge is 0.409 e. The van der Waals surface area contributed by atoms with E-state index < -0.39 is 64.1 Å². The van der Waals surface area contributed by atoms with Gasteiger partial charge in [0.25, 0.3) is 5.41 Å². The Morgan fingerprint density at radius 3 is 0.767 bits per heavy atom. The van der Waals surface area contributed by atoms with E-state index in [2.05, 4.69) is 0 Å². The normalized spacial score (nSPS) is 48.6. The molecule has 0 amide bonds. The molecule has 176 valence electrons. The Labute approximate surface area is 149 Å². The summed E-state index contributed by atoms with van der Waals surface area (Å²) >= 11 is 0. The maximum atomic E-state index is 14.4. The molecule has 4 aliphatic carbocycles. The van der Waals surface area contributed by atoms with Crippen LogP contribution in [0.2, 0.25) is 0 Å². The molecule has 0 aromatic heterocycles. The van der Waals surface area contributed by atoms with Crippen molar-refractivity contribution in [1.29, 1.82) is 0 Å². The van der Waals surface area contributed by atoms with Gasteiger partial charge in [0, 0.05) is 0 Å². The van der Waals surface area contributed by atoms with E-state index in [0.29, 0.717) is 0 Å². The van der Waals surface area contributed by atoms with E-state index in [9.17, 15) is 79.2 Å². The van der Waals surface area contributed by atoms with Gasteiger partial charge in [0.1, 0.15) is 0 Å². The molecule has 19 heteroatoms. The van der Waals surface area contributed by atoms with E-state index in [1.807, 2.05) is 0 Å². The van der Waals surface area contributed by atoms with E-state index >= 15 is 0 Å². The van der Waals surface area contributed by atoms with Crippen LogP contribution in [0.15, 0.2) is 0 Å². The topological polar surface area (TPSA) is 9.23 Å². The molecule has 0 aromatic rings. The van der Waals surface area contributed by atoms with Crippen molar-refractivity contribution < 1.29 is 84.1 Å². The molecular weight excluding hydrogens is 490 g/mol. The average Bonchev–Trinajstić information content (AvgIpc) is 2.54. The smallest absolute Gasteiger partial charge is 0.223 e. The number of halogens is 18. The highest BCUT2D eigenvalue weighted by molar-refractivity contribution is 5.53. The van der Waals surface area contributed by atoms with Crippen LogP contribution in [0.1, 0.15) is 0 Å². The van der Waals surface area contributed by atoms with Crippen LogP contribution in [0, 0.1) is 5.41 Å². The lowest BCUT2D eigenvalue weighted by Crippen LogP contribution is -3.09. The van der Waals surface area contributed by atoms with E-state index in [1.54, 1.807) is 0 Å². The van der Waals surface area contributed by atoms with Gasteiger partial charge in [0.2, 0.25) is 0 Å². The van der Waals surface area contributed by atoms with Crippen molar-refractivity contribution in [2.24, 2.45) is 5.41 Å². The molecule has 0 aromatic carbocycles. The molecule has 0 N–H and O–H groups in total. The molecule has 4 rings (SSSR count). The third-order valence-corrected chi connectivity index (χ3v) is 5.84. The van der Waals surface area contributed by atoms with E-state index in [-0.39, 0.29) is 0 Å². The predicted octanol–water partition coefficient (Wildman–Crippen LogP) is 5.44. The molecule has 0 radical (unpaired) electrons. The maximum absolute atomic E-state index is 14.4. The summed E-state index contributed by atoms with van der Waals surface area (Å²) in [5.41, 5.74) is -33.0.